The molecule has 0 aromatic carbocycles. The minimum atomic E-state index is 0.185. The fraction of sp³-hybridized carbons (Fsp3) is 1.00. The Hall–Kier alpha value is -0.120. The van der Waals surface area contributed by atoms with Crippen LogP contribution >= 0.6 is 0 Å². The van der Waals surface area contributed by atoms with Gasteiger partial charge in [0.25, 0.3) is 0 Å². The predicted octanol–water partition coefficient (Wildman–Crippen LogP) is 2.99. The van der Waals surface area contributed by atoms with Gasteiger partial charge in [0.05, 0.1) is 12.7 Å². The maximum Gasteiger partial charge on any atom is 0.0928 e. The van der Waals surface area contributed by atoms with E-state index in [0.29, 0.717) is 6.61 Å². The molecule has 0 saturated heterocycles. The molecule has 0 aliphatic rings. The van der Waals surface area contributed by atoms with Crippen molar-refractivity contribution in [2.75, 3.05) is 33.9 Å². The van der Waals surface area contributed by atoms with E-state index in [9.17, 15) is 0 Å². The second kappa shape index (κ2) is 13.9. The SMILES string of the molecule is CCCCCCCCCNCC(COC)OC. The van der Waals surface area contributed by atoms with Gasteiger partial charge >= 0.3 is 0 Å². The van der Waals surface area contributed by atoms with Gasteiger partial charge < -0.3 is 14.8 Å². The zero-order valence-corrected chi connectivity index (χ0v) is 12.0. The summed E-state index contributed by atoms with van der Waals surface area (Å²) < 4.78 is 10.3. The van der Waals surface area contributed by atoms with Crippen LogP contribution in [0, 0.1) is 0 Å². The van der Waals surface area contributed by atoms with Crippen molar-refractivity contribution in [2.24, 2.45) is 0 Å². The van der Waals surface area contributed by atoms with Crippen LogP contribution < -0.4 is 5.32 Å². The van der Waals surface area contributed by atoms with E-state index >= 15 is 0 Å². The summed E-state index contributed by atoms with van der Waals surface area (Å²) in [5.74, 6) is 0. The highest BCUT2D eigenvalue weighted by atomic mass is 16.5. The third-order valence-corrected chi connectivity index (χ3v) is 3.02. The van der Waals surface area contributed by atoms with Gasteiger partial charge in [-0.05, 0) is 13.0 Å². The molecule has 0 rings (SSSR count). The van der Waals surface area contributed by atoms with Gasteiger partial charge in [-0.3, -0.25) is 0 Å². The van der Waals surface area contributed by atoms with Crippen molar-refractivity contribution in [3.05, 3.63) is 0 Å². The number of ether oxygens (including phenoxy) is 2. The lowest BCUT2D eigenvalue weighted by Gasteiger charge is -2.14. The molecule has 3 nitrogen and oxygen atoms in total. The first kappa shape index (κ1) is 16.9. The molecule has 0 saturated carbocycles. The second-order valence-electron chi connectivity index (χ2n) is 4.64. The molecule has 0 bridgehead atoms. The molecule has 17 heavy (non-hydrogen) atoms. The highest BCUT2D eigenvalue weighted by Crippen LogP contribution is 2.06. The van der Waals surface area contributed by atoms with Crippen molar-refractivity contribution in [3.8, 4) is 0 Å². The van der Waals surface area contributed by atoms with Crippen molar-refractivity contribution in [1.29, 1.82) is 0 Å². The van der Waals surface area contributed by atoms with E-state index in [0.717, 1.165) is 13.1 Å². The quantitative estimate of drug-likeness (QED) is 0.506. The topological polar surface area (TPSA) is 30.5 Å². The molecule has 0 spiro atoms. The van der Waals surface area contributed by atoms with Gasteiger partial charge in [0.1, 0.15) is 0 Å². The zero-order chi connectivity index (χ0) is 12.8. The summed E-state index contributed by atoms with van der Waals surface area (Å²) in [6.07, 6.45) is 9.72. The first-order valence-corrected chi connectivity index (χ1v) is 7.07. The lowest BCUT2D eigenvalue weighted by Crippen LogP contribution is -2.32. The Labute approximate surface area is 107 Å². The third kappa shape index (κ3) is 12.1. The molecule has 0 amide bonds. The van der Waals surface area contributed by atoms with Crippen molar-refractivity contribution < 1.29 is 9.47 Å². The van der Waals surface area contributed by atoms with E-state index < -0.39 is 0 Å². The smallest absolute Gasteiger partial charge is 0.0928 e. The average molecular weight is 245 g/mol. The molecule has 0 radical (unpaired) electrons. The molecule has 104 valence electrons. The van der Waals surface area contributed by atoms with Crippen LogP contribution in [0.1, 0.15) is 51.9 Å². The summed E-state index contributed by atoms with van der Waals surface area (Å²) in [7, 11) is 3.45. The zero-order valence-electron chi connectivity index (χ0n) is 12.0. The lowest BCUT2D eigenvalue weighted by atomic mass is 10.1. The van der Waals surface area contributed by atoms with E-state index in [2.05, 4.69) is 12.2 Å². The van der Waals surface area contributed by atoms with Crippen molar-refractivity contribution in [3.63, 3.8) is 0 Å². The standard InChI is InChI=1S/C14H31NO2/c1-4-5-6-7-8-9-10-11-15-12-14(17-3)13-16-2/h14-15H,4-13H2,1-3H3. The van der Waals surface area contributed by atoms with Crippen LogP contribution in [0.3, 0.4) is 0 Å². The molecular weight excluding hydrogens is 214 g/mol. The Kier molecular flexibility index (Phi) is 13.8. The summed E-state index contributed by atoms with van der Waals surface area (Å²) in [5.41, 5.74) is 0. The molecule has 0 aromatic rings. The minimum Gasteiger partial charge on any atom is -0.382 e. The summed E-state index contributed by atoms with van der Waals surface area (Å²) in [6, 6.07) is 0. The monoisotopic (exact) mass is 245 g/mol. The number of nitrogens with one attached hydrogen (secondary N) is 1. The van der Waals surface area contributed by atoms with Gasteiger partial charge in [-0.25, -0.2) is 0 Å². The fourth-order valence-electron chi connectivity index (χ4n) is 1.87. The summed E-state index contributed by atoms with van der Waals surface area (Å²) in [5, 5.41) is 3.42. The van der Waals surface area contributed by atoms with Crippen LogP contribution in [0.5, 0.6) is 0 Å². The molecule has 0 fully saturated rings. The van der Waals surface area contributed by atoms with Crippen LogP contribution in [0.4, 0.5) is 0 Å². The molecule has 0 aliphatic heterocycles. The summed E-state index contributed by atoms with van der Waals surface area (Å²) >= 11 is 0. The van der Waals surface area contributed by atoms with Gasteiger partial charge in [0.2, 0.25) is 0 Å². The fourth-order valence-corrected chi connectivity index (χ4v) is 1.87. The first-order valence-electron chi connectivity index (χ1n) is 7.07. The van der Waals surface area contributed by atoms with E-state index in [1.165, 1.54) is 44.9 Å². The highest BCUT2D eigenvalue weighted by Gasteiger charge is 2.04. The van der Waals surface area contributed by atoms with Gasteiger partial charge in [0.15, 0.2) is 0 Å². The van der Waals surface area contributed by atoms with Crippen LogP contribution in [0.25, 0.3) is 0 Å². The van der Waals surface area contributed by atoms with Gasteiger partial charge in [0, 0.05) is 20.8 Å². The Morgan fingerprint density at radius 3 is 2.18 bits per heavy atom. The normalized spacial score (nSPS) is 12.9. The van der Waals surface area contributed by atoms with Crippen molar-refractivity contribution >= 4 is 0 Å². The molecule has 0 aliphatic carbocycles. The molecule has 0 aromatic heterocycles. The van der Waals surface area contributed by atoms with Crippen LogP contribution in [-0.2, 0) is 9.47 Å². The molecular formula is C14H31NO2. The number of rotatable bonds is 13. The predicted molar refractivity (Wildman–Crippen MR) is 73.5 cm³/mol. The van der Waals surface area contributed by atoms with Crippen molar-refractivity contribution in [1.82, 2.24) is 5.32 Å². The number of hydrogen-bond donors (Lipinski definition) is 1. The molecule has 3 heteroatoms. The molecule has 1 unspecified atom stereocenters. The maximum absolute atomic E-state index is 5.28. The number of hydrogen-bond acceptors (Lipinski definition) is 3. The highest BCUT2D eigenvalue weighted by molar-refractivity contribution is 4.60. The largest absolute Gasteiger partial charge is 0.382 e. The Morgan fingerprint density at radius 2 is 1.59 bits per heavy atom. The average Bonchev–Trinajstić information content (AvgIpc) is 2.35. The van der Waals surface area contributed by atoms with Crippen LogP contribution in [0.2, 0.25) is 0 Å². The third-order valence-electron chi connectivity index (χ3n) is 3.02. The Balaban J connectivity index is 3.11. The Morgan fingerprint density at radius 1 is 0.941 bits per heavy atom. The van der Waals surface area contributed by atoms with E-state index in [4.69, 9.17) is 9.47 Å². The maximum atomic E-state index is 5.28. The van der Waals surface area contributed by atoms with Crippen LogP contribution in [-0.4, -0.2) is 40.0 Å². The first-order chi connectivity index (χ1) is 8.35. The summed E-state index contributed by atoms with van der Waals surface area (Å²) in [6.45, 7) is 4.91. The number of methoxy groups -OCH3 is 2. The van der Waals surface area contributed by atoms with E-state index in [1.54, 1.807) is 14.2 Å². The minimum absolute atomic E-state index is 0.185. The second-order valence-corrected chi connectivity index (χ2v) is 4.64. The van der Waals surface area contributed by atoms with E-state index in [-0.39, 0.29) is 6.10 Å². The van der Waals surface area contributed by atoms with E-state index in [1.807, 2.05) is 0 Å². The van der Waals surface area contributed by atoms with Gasteiger partial charge in [-0.1, -0.05) is 45.4 Å². The molecule has 1 N–H and O–H groups in total. The van der Waals surface area contributed by atoms with Gasteiger partial charge in [-0.15, -0.1) is 0 Å². The van der Waals surface area contributed by atoms with Gasteiger partial charge in [-0.2, -0.15) is 0 Å². The lowest BCUT2D eigenvalue weighted by molar-refractivity contribution is 0.0290. The van der Waals surface area contributed by atoms with Crippen LogP contribution in [0.15, 0.2) is 0 Å². The molecule has 0 heterocycles. The molecule has 1 atom stereocenters. The van der Waals surface area contributed by atoms with Crippen molar-refractivity contribution in [2.45, 2.75) is 58.0 Å². The Bertz CT molecular complexity index is 142. The number of unbranched alkanes of at least 4 members (excludes halogenated alkanes) is 6. The summed E-state index contributed by atoms with van der Waals surface area (Å²) in [4.78, 5) is 0.